The lowest BCUT2D eigenvalue weighted by Crippen LogP contribution is -2.25. The van der Waals surface area contributed by atoms with Crippen molar-refractivity contribution in [2.75, 3.05) is 25.2 Å². The molecule has 0 aromatic heterocycles. The summed E-state index contributed by atoms with van der Waals surface area (Å²) in [6.07, 6.45) is 0.707. The van der Waals surface area contributed by atoms with Gasteiger partial charge < -0.3 is 14.4 Å². The first-order valence-corrected chi connectivity index (χ1v) is 5.75. The Bertz CT molecular complexity index is 493. The van der Waals surface area contributed by atoms with Crippen LogP contribution in [0.4, 0.5) is 5.69 Å². The van der Waals surface area contributed by atoms with Gasteiger partial charge in [0, 0.05) is 25.2 Å². The monoisotopic (exact) mass is 246 g/mol. The van der Waals surface area contributed by atoms with E-state index in [1.165, 1.54) is 4.90 Å². The number of carbonyl (C=O) groups is 1. The summed E-state index contributed by atoms with van der Waals surface area (Å²) in [6, 6.07) is 7.17. The van der Waals surface area contributed by atoms with Crippen molar-refractivity contribution >= 4 is 11.6 Å². The number of benzene rings is 1. The van der Waals surface area contributed by atoms with Crippen LogP contribution >= 0.6 is 0 Å². The van der Waals surface area contributed by atoms with Crippen molar-refractivity contribution in [2.24, 2.45) is 0 Å². The van der Waals surface area contributed by atoms with Gasteiger partial charge in [-0.3, -0.25) is 4.79 Å². The molecule has 1 aromatic carbocycles. The summed E-state index contributed by atoms with van der Waals surface area (Å²) in [5, 5.41) is 8.52. The molecule has 0 bridgehead atoms. The van der Waals surface area contributed by atoms with Crippen molar-refractivity contribution in [2.45, 2.75) is 12.8 Å². The Morgan fingerprint density at radius 1 is 1.39 bits per heavy atom. The molecule has 0 spiro atoms. The van der Waals surface area contributed by atoms with Crippen molar-refractivity contribution < 1.29 is 14.3 Å². The number of fused-ring (bicyclic) bond motifs is 1. The number of ether oxygens (including phenoxy) is 2. The SMILES string of the molecule is CN(C(=O)CC#N)c1ccc2c(c1)OCCCO2. The van der Waals surface area contributed by atoms with Crippen LogP contribution in [0.1, 0.15) is 12.8 Å². The summed E-state index contributed by atoms with van der Waals surface area (Å²) in [4.78, 5) is 13.1. The molecule has 5 nitrogen and oxygen atoms in total. The molecule has 0 fully saturated rings. The van der Waals surface area contributed by atoms with Crippen LogP contribution in [0.2, 0.25) is 0 Å². The van der Waals surface area contributed by atoms with Crippen LogP contribution in [-0.2, 0) is 4.79 Å². The second-order valence-corrected chi connectivity index (χ2v) is 3.97. The maximum absolute atomic E-state index is 11.6. The third-order valence-corrected chi connectivity index (χ3v) is 2.72. The van der Waals surface area contributed by atoms with Crippen molar-refractivity contribution in [1.82, 2.24) is 0 Å². The fraction of sp³-hybridized carbons (Fsp3) is 0.385. The van der Waals surface area contributed by atoms with Gasteiger partial charge in [-0.2, -0.15) is 5.26 Å². The van der Waals surface area contributed by atoms with Gasteiger partial charge in [0.05, 0.1) is 19.3 Å². The molecule has 0 saturated heterocycles. The van der Waals surface area contributed by atoms with E-state index in [2.05, 4.69) is 0 Å². The minimum Gasteiger partial charge on any atom is -0.490 e. The van der Waals surface area contributed by atoms with E-state index in [0.29, 0.717) is 30.4 Å². The Kier molecular flexibility index (Phi) is 3.68. The van der Waals surface area contributed by atoms with E-state index < -0.39 is 0 Å². The van der Waals surface area contributed by atoms with E-state index in [0.717, 1.165) is 6.42 Å². The Labute approximate surface area is 106 Å². The smallest absolute Gasteiger partial charge is 0.240 e. The first-order valence-electron chi connectivity index (χ1n) is 5.75. The fourth-order valence-electron chi connectivity index (χ4n) is 1.69. The average molecular weight is 246 g/mol. The summed E-state index contributed by atoms with van der Waals surface area (Å²) < 4.78 is 11.1. The first-order chi connectivity index (χ1) is 8.72. The van der Waals surface area contributed by atoms with Crippen LogP contribution in [0, 0.1) is 11.3 Å². The van der Waals surface area contributed by atoms with Crippen molar-refractivity contribution in [3.05, 3.63) is 18.2 Å². The summed E-state index contributed by atoms with van der Waals surface area (Å²) in [6.45, 7) is 1.24. The molecule has 1 aliphatic rings. The minimum atomic E-state index is -0.244. The van der Waals surface area contributed by atoms with E-state index in [9.17, 15) is 4.79 Å². The second kappa shape index (κ2) is 5.41. The normalized spacial score (nSPS) is 13.3. The Balaban J connectivity index is 2.22. The Morgan fingerprint density at radius 2 is 2.11 bits per heavy atom. The van der Waals surface area contributed by atoms with Crippen LogP contribution in [0.3, 0.4) is 0 Å². The lowest BCUT2D eigenvalue weighted by Gasteiger charge is -2.17. The highest BCUT2D eigenvalue weighted by Crippen LogP contribution is 2.33. The van der Waals surface area contributed by atoms with E-state index in [1.54, 1.807) is 25.2 Å². The van der Waals surface area contributed by atoms with Crippen LogP contribution in [0.5, 0.6) is 11.5 Å². The molecular weight excluding hydrogens is 232 g/mol. The predicted octanol–water partition coefficient (Wildman–Crippen LogP) is 1.72. The maximum Gasteiger partial charge on any atom is 0.240 e. The number of hydrogen-bond donors (Lipinski definition) is 0. The molecule has 0 N–H and O–H groups in total. The number of nitriles is 1. The predicted molar refractivity (Wildman–Crippen MR) is 65.7 cm³/mol. The molecule has 5 heteroatoms. The van der Waals surface area contributed by atoms with E-state index in [-0.39, 0.29) is 12.3 Å². The quantitative estimate of drug-likeness (QED) is 0.797. The minimum absolute atomic E-state index is 0.134. The summed E-state index contributed by atoms with van der Waals surface area (Å²) in [5.74, 6) is 1.09. The highest BCUT2D eigenvalue weighted by molar-refractivity contribution is 5.94. The zero-order valence-electron chi connectivity index (χ0n) is 10.2. The maximum atomic E-state index is 11.6. The second-order valence-electron chi connectivity index (χ2n) is 3.97. The number of amides is 1. The summed E-state index contributed by atoms with van der Waals surface area (Å²) in [5.41, 5.74) is 0.694. The molecule has 1 heterocycles. The molecule has 0 saturated carbocycles. The lowest BCUT2D eigenvalue weighted by molar-refractivity contribution is -0.117. The molecule has 0 aliphatic carbocycles. The zero-order valence-corrected chi connectivity index (χ0v) is 10.2. The largest absolute Gasteiger partial charge is 0.490 e. The Morgan fingerprint density at radius 3 is 2.83 bits per heavy atom. The van der Waals surface area contributed by atoms with Gasteiger partial charge in [0.15, 0.2) is 11.5 Å². The van der Waals surface area contributed by atoms with Crippen molar-refractivity contribution in [3.63, 3.8) is 0 Å². The molecule has 1 aromatic rings. The third kappa shape index (κ3) is 2.54. The molecule has 1 aliphatic heterocycles. The van der Waals surface area contributed by atoms with Crippen LogP contribution in [0.25, 0.3) is 0 Å². The topological polar surface area (TPSA) is 62.6 Å². The molecular formula is C13H14N2O3. The molecule has 0 radical (unpaired) electrons. The fourth-order valence-corrected chi connectivity index (χ4v) is 1.69. The van der Waals surface area contributed by atoms with Crippen LogP contribution in [0.15, 0.2) is 18.2 Å². The number of carbonyl (C=O) groups excluding carboxylic acids is 1. The molecule has 94 valence electrons. The van der Waals surface area contributed by atoms with Gasteiger partial charge in [-0.05, 0) is 12.1 Å². The van der Waals surface area contributed by atoms with Crippen LogP contribution < -0.4 is 14.4 Å². The number of anilines is 1. The van der Waals surface area contributed by atoms with E-state index >= 15 is 0 Å². The first kappa shape index (κ1) is 12.2. The molecule has 1 amide bonds. The van der Waals surface area contributed by atoms with Gasteiger partial charge >= 0.3 is 0 Å². The molecule has 0 unspecified atom stereocenters. The molecule has 18 heavy (non-hydrogen) atoms. The highest BCUT2D eigenvalue weighted by atomic mass is 16.5. The van der Waals surface area contributed by atoms with Gasteiger partial charge in [0.2, 0.25) is 5.91 Å². The van der Waals surface area contributed by atoms with Gasteiger partial charge in [0.25, 0.3) is 0 Å². The number of nitrogens with zero attached hydrogens (tertiary/aromatic N) is 2. The van der Waals surface area contributed by atoms with E-state index in [4.69, 9.17) is 14.7 Å². The van der Waals surface area contributed by atoms with Crippen LogP contribution in [-0.4, -0.2) is 26.2 Å². The summed E-state index contributed by atoms with van der Waals surface area (Å²) in [7, 11) is 1.64. The van der Waals surface area contributed by atoms with Crippen molar-refractivity contribution in [3.8, 4) is 17.6 Å². The highest BCUT2D eigenvalue weighted by Gasteiger charge is 2.15. The standard InChI is InChI=1S/C13H14N2O3/c1-15(13(16)5-6-14)10-3-4-11-12(9-10)18-8-2-7-17-11/h3-4,9H,2,5,7-8H2,1H3. The molecule has 2 rings (SSSR count). The zero-order chi connectivity index (χ0) is 13.0. The van der Waals surface area contributed by atoms with Gasteiger partial charge in [-0.25, -0.2) is 0 Å². The average Bonchev–Trinajstić information content (AvgIpc) is 2.62. The Hall–Kier alpha value is -2.22. The molecule has 0 atom stereocenters. The third-order valence-electron chi connectivity index (χ3n) is 2.72. The van der Waals surface area contributed by atoms with Gasteiger partial charge in [0.1, 0.15) is 6.42 Å². The lowest BCUT2D eigenvalue weighted by atomic mass is 10.2. The van der Waals surface area contributed by atoms with E-state index in [1.807, 2.05) is 6.07 Å². The van der Waals surface area contributed by atoms with Gasteiger partial charge in [-0.1, -0.05) is 0 Å². The summed E-state index contributed by atoms with van der Waals surface area (Å²) >= 11 is 0. The number of rotatable bonds is 2. The van der Waals surface area contributed by atoms with Crippen molar-refractivity contribution in [1.29, 1.82) is 5.26 Å². The van der Waals surface area contributed by atoms with Gasteiger partial charge in [-0.15, -0.1) is 0 Å². The number of hydrogen-bond acceptors (Lipinski definition) is 4.